The highest BCUT2D eigenvalue weighted by atomic mass is 16.6. The predicted octanol–water partition coefficient (Wildman–Crippen LogP) is 1.89. The number of carbonyl (C=O) groups excluding carboxylic acids is 1. The average Bonchev–Trinajstić information content (AvgIpc) is 3.02. The Morgan fingerprint density at radius 3 is 2.61 bits per heavy atom. The van der Waals surface area contributed by atoms with Gasteiger partial charge in [0.2, 0.25) is 5.91 Å². The minimum absolute atomic E-state index is 0.0119. The van der Waals surface area contributed by atoms with Gasteiger partial charge in [-0.15, -0.1) is 0 Å². The van der Waals surface area contributed by atoms with Crippen molar-refractivity contribution in [2.24, 2.45) is 0 Å². The molecule has 0 saturated carbocycles. The van der Waals surface area contributed by atoms with E-state index in [9.17, 15) is 14.9 Å². The van der Waals surface area contributed by atoms with E-state index in [4.69, 9.17) is 9.15 Å². The summed E-state index contributed by atoms with van der Waals surface area (Å²) in [6, 6.07) is 2.67. The quantitative estimate of drug-likeness (QED) is 0.565. The zero-order valence-corrected chi connectivity index (χ0v) is 12.8. The number of furan rings is 1. The summed E-state index contributed by atoms with van der Waals surface area (Å²) in [7, 11) is 0. The highest BCUT2D eigenvalue weighted by Gasteiger charge is 2.15. The largest absolute Gasteiger partial charge is 0.489 e. The normalized spacial score (nSPS) is 10.3. The maximum Gasteiger partial charge on any atom is 0.433 e. The van der Waals surface area contributed by atoms with Crippen LogP contribution >= 0.6 is 0 Å². The van der Waals surface area contributed by atoms with Gasteiger partial charge < -0.3 is 14.1 Å². The zero-order valence-electron chi connectivity index (χ0n) is 12.8. The molecule has 0 radical (unpaired) electrons. The molecule has 2 heterocycles. The summed E-state index contributed by atoms with van der Waals surface area (Å²) >= 11 is 0. The molecule has 0 aromatic carbocycles. The molecule has 23 heavy (non-hydrogen) atoms. The lowest BCUT2D eigenvalue weighted by Gasteiger charge is -2.18. The first-order valence-corrected chi connectivity index (χ1v) is 6.96. The molecule has 0 aliphatic heterocycles. The Kier molecular flexibility index (Phi) is 5.23. The third-order valence-electron chi connectivity index (χ3n) is 3.08. The summed E-state index contributed by atoms with van der Waals surface area (Å²) in [5.41, 5.74) is 0. The molecule has 9 nitrogen and oxygen atoms in total. The van der Waals surface area contributed by atoms with Gasteiger partial charge in [-0.3, -0.25) is 14.9 Å². The van der Waals surface area contributed by atoms with Gasteiger partial charge in [0.25, 0.3) is 0 Å². The monoisotopic (exact) mass is 320 g/mol. The van der Waals surface area contributed by atoms with Crippen LogP contribution in [0.5, 0.6) is 5.75 Å². The van der Waals surface area contributed by atoms with E-state index in [0.717, 1.165) is 0 Å². The number of nitro groups is 1. The number of carbonyl (C=O) groups is 1. The molecule has 9 heteroatoms. The van der Waals surface area contributed by atoms with E-state index in [2.05, 4.69) is 9.97 Å². The summed E-state index contributed by atoms with van der Waals surface area (Å²) in [5, 5.41) is 10.6. The number of nitrogens with zero attached hydrogens (tertiary/aromatic N) is 4. The van der Waals surface area contributed by atoms with Gasteiger partial charge in [0.1, 0.15) is 11.5 Å². The third kappa shape index (κ3) is 4.25. The fourth-order valence-electron chi connectivity index (χ4n) is 1.88. The molecular weight excluding hydrogens is 304 g/mol. The van der Waals surface area contributed by atoms with Crippen molar-refractivity contribution in [1.82, 2.24) is 14.9 Å². The van der Waals surface area contributed by atoms with Crippen molar-refractivity contribution >= 4 is 11.8 Å². The fourth-order valence-corrected chi connectivity index (χ4v) is 1.88. The SMILES string of the molecule is CCN(CCOc1cnc(-c2ccc([N+](=O)[O-])o2)nc1)C(C)=O. The molecule has 2 aromatic heterocycles. The predicted molar refractivity (Wildman–Crippen MR) is 79.8 cm³/mol. The smallest absolute Gasteiger partial charge is 0.433 e. The van der Waals surface area contributed by atoms with Gasteiger partial charge in [0.15, 0.2) is 17.3 Å². The second-order valence-corrected chi connectivity index (χ2v) is 4.58. The van der Waals surface area contributed by atoms with Gasteiger partial charge >= 0.3 is 5.88 Å². The van der Waals surface area contributed by atoms with Crippen LogP contribution in [0.25, 0.3) is 11.6 Å². The summed E-state index contributed by atoms with van der Waals surface area (Å²) in [4.78, 5) is 30.9. The first kappa shape index (κ1) is 16.4. The van der Waals surface area contributed by atoms with Gasteiger partial charge in [-0.2, -0.15) is 0 Å². The lowest BCUT2D eigenvalue weighted by atomic mass is 10.4. The van der Waals surface area contributed by atoms with Crippen LogP contribution in [0, 0.1) is 10.1 Å². The second-order valence-electron chi connectivity index (χ2n) is 4.58. The van der Waals surface area contributed by atoms with Crippen LogP contribution in [0.4, 0.5) is 5.88 Å². The minimum atomic E-state index is -0.629. The fraction of sp³-hybridized carbons (Fsp3) is 0.357. The maximum atomic E-state index is 11.3. The van der Waals surface area contributed by atoms with Crippen molar-refractivity contribution in [3.63, 3.8) is 0 Å². The average molecular weight is 320 g/mol. The number of likely N-dealkylation sites (N-methyl/N-ethyl adjacent to an activating group) is 1. The Balaban J connectivity index is 1.94. The maximum absolute atomic E-state index is 11.3. The van der Waals surface area contributed by atoms with Crippen molar-refractivity contribution in [1.29, 1.82) is 0 Å². The highest BCUT2D eigenvalue weighted by Crippen LogP contribution is 2.23. The summed E-state index contributed by atoms with van der Waals surface area (Å²) in [5.74, 6) is 0.491. The van der Waals surface area contributed by atoms with Gasteiger partial charge in [0, 0.05) is 13.5 Å². The second kappa shape index (κ2) is 7.34. The number of ether oxygens (including phenoxy) is 1. The first-order valence-electron chi connectivity index (χ1n) is 6.96. The summed E-state index contributed by atoms with van der Waals surface area (Å²) in [6.07, 6.45) is 2.89. The lowest BCUT2D eigenvalue weighted by Crippen LogP contribution is -2.32. The summed E-state index contributed by atoms with van der Waals surface area (Å²) in [6.45, 7) is 4.80. The van der Waals surface area contributed by atoms with Crippen LogP contribution in [0.15, 0.2) is 28.9 Å². The highest BCUT2D eigenvalue weighted by molar-refractivity contribution is 5.73. The number of amides is 1. The Hall–Kier alpha value is -2.97. The van der Waals surface area contributed by atoms with E-state index in [1.807, 2.05) is 6.92 Å². The third-order valence-corrected chi connectivity index (χ3v) is 3.08. The molecule has 0 spiro atoms. The van der Waals surface area contributed by atoms with Crippen LogP contribution in [0.1, 0.15) is 13.8 Å². The van der Waals surface area contributed by atoms with E-state index in [1.54, 1.807) is 4.90 Å². The Morgan fingerprint density at radius 2 is 2.09 bits per heavy atom. The van der Waals surface area contributed by atoms with E-state index in [1.165, 1.54) is 31.5 Å². The molecule has 0 atom stereocenters. The molecule has 0 bridgehead atoms. The zero-order chi connectivity index (χ0) is 16.8. The van der Waals surface area contributed by atoms with Crippen molar-refractivity contribution in [3.05, 3.63) is 34.6 Å². The van der Waals surface area contributed by atoms with Crippen LogP contribution < -0.4 is 4.74 Å². The Bertz CT molecular complexity index is 683. The van der Waals surface area contributed by atoms with E-state index in [-0.39, 0.29) is 23.4 Å². The molecule has 0 N–H and O–H groups in total. The molecule has 2 rings (SSSR count). The molecular formula is C14H16N4O5. The van der Waals surface area contributed by atoms with Gasteiger partial charge in [0.05, 0.1) is 25.0 Å². The standard InChI is InChI=1S/C14H16N4O5/c1-3-17(10(2)19)6-7-22-11-8-15-14(16-9-11)12-4-5-13(23-12)18(20)21/h4-5,8-9H,3,6-7H2,1-2H3. The molecule has 0 fully saturated rings. The van der Waals surface area contributed by atoms with Crippen molar-refractivity contribution < 1.29 is 18.9 Å². The first-order chi connectivity index (χ1) is 11.0. The number of hydrogen-bond acceptors (Lipinski definition) is 7. The van der Waals surface area contributed by atoms with Crippen molar-refractivity contribution in [2.75, 3.05) is 19.7 Å². The number of hydrogen-bond donors (Lipinski definition) is 0. The molecule has 2 aromatic rings. The van der Waals surface area contributed by atoms with Crippen LogP contribution in [-0.4, -0.2) is 45.4 Å². The van der Waals surface area contributed by atoms with E-state index in [0.29, 0.717) is 25.4 Å². The molecule has 0 aliphatic carbocycles. The molecule has 0 unspecified atom stereocenters. The Labute approximate surface area is 132 Å². The van der Waals surface area contributed by atoms with Crippen LogP contribution in [0.3, 0.4) is 0 Å². The Morgan fingerprint density at radius 1 is 1.39 bits per heavy atom. The molecule has 122 valence electrons. The van der Waals surface area contributed by atoms with Crippen molar-refractivity contribution in [3.8, 4) is 17.3 Å². The van der Waals surface area contributed by atoms with Gasteiger partial charge in [-0.05, 0) is 13.0 Å². The van der Waals surface area contributed by atoms with E-state index < -0.39 is 4.92 Å². The summed E-state index contributed by atoms with van der Waals surface area (Å²) < 4.78 is 10.5. The topological polar surface area (TPSA) is 112 Å². The number of aromatic nitrogens is 2. The minimum Gasteiger partial charge on any atom is -0.489 e. The van der Waals surface area contributed by atoms with Crippen LogP contribution in [-0.2, 0) is 4.79 Å². The van der Waals surface area contributed by atoms with Crippen molar-refractivity contribution in [2.45, 2.75) is 13.8 Å². The molecule has 1 amide bonds. The molecule has 0 aliphatic rings. The lowest BCUT2D eigenvalue weighted by molar-refractivity contribution is -0.401. The van der Waals surface area contributed by atoms with E-state index >= 15 is 0 Å². The van der Waals surface area contributed by atoms with Gasteiger partial charge in [-0.25, -0.2) is 9.97 Å². The van der Waals surface area contributed by atoms with Crippen LogP contribution in [0.2, 0.25) is 0 Å². The van der Waals surface area contributed by atoms with Gasteiger partial charge in [-0.1, -0.05) is 0 Å². The number of rotatable bonds is 7. The molecule has 0 saturated heterocycles.